The Morgan fingerprint density at radius 2 is 2.40 bits per heavy atom. The van der Waals surface area contributed by atoms with Crippen LogP contribution in [-0.2, 0) is 11.2 Å². The van der Waals surface area contributed by atoms with E-state index in [2.05, 4.69) is 24.1 Å². The summed E-state index contributed by atoms with van der Waals surface area (Å²) in [6.07, 6.45) is 4.35. The van der Waals surface area contributed by atoms with E-state index in [9.17, 15) is 0 Å². The van der Waals surface area contributed by atoms with Crippen molar-refractivity contribution in [2.45, 2.75) is 38.8 Å². The van der Waals surface area contributed by atoms with E-state index in [1.54, 1.807) is 18.4 Å². The van der Waals surface area contributed by atoms with Gasteiger partial charge in [0.15, 0.2) is 0 Å². The third kappa shape index (κ3) is 4.73. The van der Waals surface area contributed by atoms with Crippen molar-refractivity contribution in [1.82, 2.24) is 10.3 Å². The van der Waals surface area contributed by atoms with Crippen molar-refractivity contribution < 1.29 is 4.74 Å². The molecule has 0 amide bonds. The van der Waals surface area contributed by atoms with E-state index in [0.717, 1.165) is 19.4 Å². The molecule has 4 heteroatoms. The lowest BCUT2D eigenvalue weighted by Crippen LogP contribution is -2.34. The zero-order valence-corrected chi connectivity index (χ0v) is 10.5. The molecule has 0 bridgehead atoms. The number of hydrogen-bond donors (Lipinski definition) is 1. The van der Waals surface area contributed by atoms with Crippen LogP contribution in [0.25, 0.3) is 0 Å². The van der Waals surface area contributed by atoms with E-state index in [4.69, 9.17) is 4.74 Å². The molecule has 1 aromatic heterocycles. The minimum absolute atomic E-state index is 0.307. The average Bonchev–Trinajstić information content (AvgIpc) is 2.70. The van der Waals surface area contributed by atoms with Gasteiger partial charge < -0.3 is 10.1 Å². The lowest BCUT2D eigenvalue weighted by molar-refractivity contribution is 0.101. The Hall–Kier alpha value is -0.450. The van der Waals surface area contributed by atoms with E-state index in [0.29, 0.717) is 12.1 Å². The molecule has 15 heavy (non-hydrogen) atoms. The van der Waals surface area contributed by atoms with Crippen LogP contribution in [0.15, 0.2) is 11.7 Å². The number of ether oxygens (including phenoxy) is 1. The predicted molar refractivity (Wildman–Crippen MR) is 64.4 cm³/mol. The highest BCUT2D eigenvalue weighted by atomic mass is 32.1. The van der Waals surface area contributed by atoms with Crippen molar-refractivity contribution in [2.75, 3.05) is 13.7 Å². The number of thiazole rings is 1. The normalized spacial score (nSPS) is 15.1. The van der Waals surface area contributed by atoms with Gasteiger partial charge in [-0.1, -0.05) is 6.92 Å². The van der Waals surface area contributed by atoms with Crippen LogP contribution in [0.4, 0.5) is 0 Å². The first-order valence-corrected chi connectivity index (χ1v) is 6.27. The molecule has 0 radical (unpaired) electrons. The maximum absolute atomic E-state index is 5.29. The summed E-state index contributed by atoms with van der Waals surface area (Å²) >= 11 is 1.72. The molecule has 1 rings (SSSR count). The lowest BCUT2D eigenvalue weighted by atomic mass is 10.1. The van der Waals surface area contributed by atoms with Crippen molar-refractivity contribution in [2.24, 2.45) is 0 Å². The zero-order chi connectivity index (χ0) is 11.1. The molecule has 0 fully saturated rings. The van der Waals surface area contributed by atoms with Gasteiger partial charge in [0.1, 0.15) is 0 Å². The first kappa shape index (κ1) is 12.6. The molecule has 0 saturated heterocycles. The molecule has 2 atom stereocenters. The lowest BCUT2D eigenvalue weighted by Gasteiger charge is -2.20. The van der Waals surface area contributed by atoms with E-state index in [1.165, 1.54) is 4.88 Å². The largest absolute Gasteiger partial charge is 0.382 e. The summed E-state index contributed by atoms with van der Waals surface area (Å²) in [5, 5.41) is 3.48. The third-order valence-electron chi connectivity index (χ3n) is 2.44. The first-order valence-electron chi connectivity index (χ1n) is 5.39. The molecular formula is C11H20N2OS. The van der Waals surface area contributed by atoms with Gasteiger partial charge in [0.25, 0.3) is 0 Å². The zero-order valence-electron chi connectivity index (χ0n) is 9.69. The highest BCUT2D eigenvalue weighted by Crippen LogP contribution is 2.12. The fourth-order valence-corrected chi connectivity index (χ4v) is 2.29. The smallest absolute Gasteiger partial charge is 0.0794 e. The number of aromatic nitrogens is 1. The summed E-state index contributed by atoms with van der Waals surface area (Å²) in [5.74, 6) is 0. The minimum atomic E-state index is 0.307. The predicted octanol–water partition coefficient (Wildman–Crippen LogP) is 2.09. The summed E-state index contributed by atoms with van der Waals surface area (Å²) in [4.78, 5) is 5.43. The van der Waals surface area contributed by atoms with Gasteiger partial charge in [-0.25, -0.2) is 0 Å². The van der Waals surface area contributed by atoms with Gasteiger partial charge in [-0.2, -0.15) is 0 Å². The van der Waals surface area contributed by atoms with Gasteiger partial charge in [0.2, 0.25) is 0 Å². The Balaban J connectivity index is 2.43. The van der Waals surface area contributed by atoms with Gasteiger partial charge >= 0.3 is 0 Å². The SMILES string of the molecule is CCNC(Cc1cncs1)CC(C)OC. The van der Waals surface area contributed by atoms with Crippen LogP contribution in [-0.4, -0.2) is 30.8 Å². The highest BCUT2D eigenvalue weighted by molar-refractivity contribution is 7.09. The summed E-state index contributed by atoms with van der Waals surface area (Å²) < 4.78 is 5.29. The van der Waals surface area contributed by atoms with E-state index < -0.39 is 0 Å². The summed E-state index contributed by atoms with van der Waals surface area (Å²) in [7, 11) is 1.76. The van der Waals surface area contributed by atoms with Crippen molar-refractivity contribution in [3.63, 3.8) is 0 Å². The van der Waals surface area contributed by atoms with Crippen molar-refractivity contribution >= 4 is 11.3 Å². The minimum Gasteiger partial charge on any atom is -0.382 e. The van der Waals surface area contributed by atoms with Crippen LogP contribution in [0.1, 0.15) is 25.1 Å². The van der Waals surface area contributed by atoms with Crippen LogP contribution in [0.2, 0.25) is 0 Å². The van der Waals surface area contributed by atoms with E-state index in [1.807, 2.05) is 11.7 Å². The summed E-state index contributed by atoms with van der Waals surface area (Å²) in [6, 6.07) is 0.491. The second kappa shape index (κ2) is 6.93. The standard InChI is InChI=1S/C11H20N2OS/c1-4-13-10(5-9(2)14-3)6-11-7-12-8-15-11/h7-10,13H,4-6H2,1-3H3. The third-order valence-corrected chi connectivity index (χ3v) is 3.24. The van der Waals surface area contributed by atoms with Crippen molar-refractivity contribution in [1.29, 1.82) is 0 Å². The van der Waals surface area contributed by atoms with Gasteiger partial charge in [0, 0.05) is 24.2 Å². The molecular weight excluding hydrogens is 208 g/mol. The Kier molecular flexibility index (Phi) is 5.83. The molecule has 1 aromatic rings. The molecule has 0 saturated carbocycles. The molecule has 0 aliphatic heterocycles. The second-order valence-electron chi connectivity index (χ2n) is 3.71. The average molecular weight is 228 g/mol. The topological polar surface area (TPSA) is 34.2 Å². The first-order chi connectivity index (χ1) is 7.26. The van der Waals surface area contributed by atoms with Crippen molar-refractivity contribution in [3.8, 4) is 0 Å². The summed E-state index contributed by atoms with van der Waals surface area (Å²) in [6.45, 7) is 5.24. The number of nitrogens with zero attached hydrogens (tertiary/aromatic N) is 1. The van der Waals surface area contributed by atoms with Crippen LogP contribution < -0.4 is 5.32 Å². The number of likely N-dealkylation sites (N-methyl/N-ethyl adjacent to an activating group) is 1. The molecule has 86 valence electrons. The van der Waals surface area contributed by atoms with E-state index in [-0.39, 0.29) is 0 Å². The number of hydrogen-bond acceptors (Lipinski definition) is 4. The fourth-order valence-electron chi connectivity index (χ4n) is 1.61. The van der Waals surface area contributed by atoms with Crippen LogP contribution >= 0.6 is 11.3 Å². The Labute approximate surface area is 95.9 Å². The maximum atomic E-state index is 5.29. The molecule has 0 aliphatic rings. The van der Waals surface area contributed by atoms with Gasteiger partial charge in [-0.05, 0) is 26.3 Å². The molecule has 0 spiro atoms. The van der Waals surface area contributed by atoms with E-state index >= 15 is 0 Å². The number of methoxy groups -OCH3 is 1. The summed E-state index contributed by atoms with van der Waals surface area (Å²) in [5.41, 5.74) is 1.89. The van der Waals surface area contributed by atoms with Crippen molar-refractivity contribution in [3.05, 3.63) is 16.6 Å². The Morgan fingerprint density at radius 1 is 1.60 bits per heavy atom. The monoisotopic (exact) mass is 228 g/mol. The molecule has 2 unspecified atom stereocenters. The van der Waals surface area contributed by atoms with Crippen LogP contribution in [0.5, 0.6) is 0 Å². The quantitative estimate of drug-likeness (QED) is 0.776. The highest BCUT2D eigenvalue weighted by Gasteiger charge is 2.13. The molecule has 3 nitrogen and oxygen atoms in total. The fraction of sp³-hybridized carbons (Fsp3) is 0.727. The van der Waals surface area contributed by atoms with Crippen LogP contribution in [0, 0.1) is 0 Å². The number of rotatable bonds is 7. The molecule has 1 N–H and O–H groups in total. The van der Waals surface area contributed by atoms with Gasteiger partial charge in [-0.3, -0.25) is 4.98 Å². The molecule has 0 aromatic carbocycles. The van der Waals surface area contributed by atoms with Gasteiger partial charge in [-0.15, -0.1) is 11.3 Å². The molecule has 1 heterocycles. The second-order valence-corrected chi connectivity index (χ2v) is 4.68. The molecule has 0 aliphatic carbocycles. The maximum Gasteiger partial charge on any atom is 0.0794 e. The number of nitrogens with one attached hydrogen (secondary N) is 1. The Bertz CT molecular complexity index is 251. The van der Waals surface area contributed by atoms with Gasteiger partial charge in [0.05, 0.1) is 11.6 Å². The Morgan fingerprint density at radius 3 is 2.93 bits per heavy atom. The van der Waals surface area contributed by atoms with Crippen LogP contribution in [0.3, 0.4) is 0 Å².